The van der Waals surface area contributed by atoms with Gasteiger partial charge in [0.05, 0.1) is 5.92 Å². The molecule has 1 heterocycles. The first-order valence-electron chi connectivity index (χ1n) is 6.62. The molecule has 4 heteroatoms. The number of carboxylic acid groups (broad SMARTS) is 1. The van der Waals surface area contributed by atoms with Gasteiger partial charge in [-0.2, -0.15) is 0 Å². The van der Waals surface area contributed by atoms with Crippen molar-refractivity contribution in [1.82, 2.24) is 0 Å². The highest BCUT2D eigenvalue weighted by Crippen LogP contribution is 2.32. The topological polar surface area (TPSA) is 50.4 Å². The predicted molar refractivity (Wildman–Crippen MR) is 74.1 cm³/mol. The van der Waals surface area contributed by atoms with Crippen LogP contribution in [0.3, 0.4) is 0 Å². The summed E-state index contributed by atoms with van der Waals surface area (Å²) in [5, 5.41) is 9.31. The highest BCUT2D eigenvalue weighted by Gasteiger charge is 2.24. The number of benzene rings is 1. The Balaban J connectivity index is 2.38. The fraction of sp³-hybridized carbons (Fsp3) is 0.312. The van der Waals surface area contributed by atoms with Crippen LogP contribution in [0, 0.1) is 12.7 Å². The molecule has 1 aromatic carbocycles. The summed E-state index contributed by atoms with van der Waals surface area (Å²) in [4.78, 5) is 11.3. The van der Waals surface area contributed by atoms with Crippen molar-refractivity contribution in [3.05, 3.63) is 47.5 Å². The van der Waals surface area contributed by atoms with Crippen LogP contribution in [0.15, 0.2) is 34.7 Å². The summed E-state index contributed by atoms with van der Waals surface area (Å²) in [6.07, 6.45) is 1.35. The Kier molecular flexibility index (Phi) is 4.23. The number of hydrogen-bond donors (Lipinski definition) is 1. The van der Waals surface area contributed by atoms with E-state index in [1.54, 1.807) is 25.1 Å². The zero-order valence-electron chi connectivity index (χ0n) is 11.5. The zero-order chi connectivity index (χ0) is 14.7. The molecule has 0 saturated heterocycles. The van der Waals surface area contributed by atoms with Gasteiger partial charge in [0, 0.05) is 11.1 Å². The maximum atomic E-state index is 12.9. The molecule has 0 fully saturated rings. The smallest absolute Gasteiger partial charge is 0.311 e. The summed E-state index contributed by atoms with van der Waals surface area (Å²) in [5.41, 5.74) is 1.43. The van der Waals surface area contributed by atoms with E-state index in [4.69, 9.17) is 4.42 Å². The molecule has 1 aromatic heterocycles. The summed E-state index contributed by atoms with van der Waals surface area (Å²) in [7, 11) is 0. The van der Waals surface area contributed by atoms with E-state index in [2.05, 4.69) is 0 Å². The Hall–Kier alpha value is -2.10. The second-order valence-corrected chi connectivity index (χ2v) is 4.81. The summed E-state index contributed by atoms with van der Waals surface area (Å²) in [5.74, 6) is -0.545. The lowest BCUT2D eigenvalue weighted by Crippen LogP contribution is -2.11. The number of carboxylic acids is 1. The number of rotatable bonds is 5. The lowest BCUT2D eigenvalue weighted by Gasteiger charge is -2.09. The summed E-state index contributed by atoms with van der Waals surface area (Å²) in [6.45, 7) is 3.71. The standard InChI is InChI=1S/C16H17FO3/c1-3-4-13(16(18)19)14-9-15(20-10(14)2)11-5-7-12(17)8-6-11/h5-9,13H,3-4H2,1-2H3,(H,18,19). The monoisotopic (exact) mass is 276 g/mol. The summed E-state index contributed by atoms with van der Waals surface area (Å²) in [6, 6.07) is 7.69. The highest BCUT2D eigenvalue weighted by atomic mass is 19.1. The SMILES string of the molecule is CCCC(C(=O)O)c1cc(-c2ccc(F)cc2)oc1C. The first kappa shape index (κ1) is 14.3. The van der Waals surface area contributed by atoms with Crippen molar-refractivity contribution in [2.75, 3.05) is 0 Å². The first-order valence-corrected chi connectivity index (χ1v) is 6.62. The van der Waals surface area contributed by atoms with Gasteiger partial charge in [0.2, 0.25) is 0 Å². The molecule has 0 aliphatic carbocycles. The molecular formula is C16H17FO3. The van der Waals surface area contributed by atoms with Gasteiger partial charge in [-0.15, -0.1) is 0 Å². The maximum Gasteiger partial charge on any atom is 0.311 e. The van der Waals surface area contributed by atoms with Crippen LogP contribution in [-0.2, 0) is 4.79 Å². The van der Waals surface area contributed by atoms with Crippen molar-refractivity contribution in [3.63, 3.8) is 0 Å². The number of carbonyl (C=O) groups is 1. The highest BCUT2D eigenvalue weighted by molar-refractivity contribution is 5.77. The molecule has 0 spiro atoms. The average Bonchev–Trinajstić information content (AvgIpc) is 2.78. The largest absolute Gasteiger partial charge is 0.481 e. The molecule has 0 saturated carbocycles. The van der Waals surface area contributed by atoms with E-state index in [0.29, 0.717) is 23.5 Å². The third-order valence-corrected chi connectivity index (χ3v) is 3.34. The Morgan fingerprint density at radius 1 is 1.35 bits per heavy atom. The van der Waals surface area contributed by atoms with Crippen molar-refractivity contribution in [2.45, 2.75) is 32.6 Å². The molecule has 0 aliphatic heterocycles. The molecule has 1 unspecified atom stereocenters. The number of aryl methyl sites for hydroxylation is 1. The predicted octanol–water partition coefficient (Wildman–Crippen LogP) is 4.36. The molecule has 106 valence electrons. The minimum absolute atomic E-state index is 0.313. The molecule has 2 rings (SSSR count). The van der Waals surface area contributed by atoms with Gasteiger partial charge in [0.1, 0.15) is 17.3 Å². The molecule has 0 radical (unpaired) electrons. The quantitative estimate of drug-likeness (QED) is 0.882. The summed E-state index contributed by atoms with van der Waals surface area (Å²) >= 11 is 0. The van der Waals surface area contributed by atoms with E-state index in [1.807, 2.05) is 6.92 Å². The Morgan fingerprint density at radius 2 is 2.00 bits per heavy atom. The molecule has 0 amide bonds. The zero-order valence-corrected chi connectivity index (χ0v) is 11.5. The van der Waals surface area contributed by atoms with E-state index in [1.165, 1.54) is 12.1 Å². The van der Waals surface area contributed by atoms with Crippen LogP contribution < -0.4 is 0 Å². The van der Waals surface area contributed by atoms with Gasteiger partial charge >= 0.3 is 5.97 Å². The van der Waals surface area contributed by atoms with Gasteiger partial charge in [0.25, 0.3) is 0 Å². The van der Waals surface area contributed by atoms with E-state index in [9.17, 15) is 14.3 Å². The molecule has 0 bridgehead atoms. The lowest BCUT2D eigenvalue weighted by molar-refractivity contribution is -0.139. The van der Waals surface area contributed by atoms with E-state index in [0.717, 1.165) is 12.0 Å². The number of furan rings is 1. The normalized spacial score (nSPS) is 12.3. The van der Waals surface area contributed by atoms with Crippen molar-refractivity contribution < 1.29 is 18.7 Å². The van der Waals surface area contributed by atoms with Crippen LogP contribution >= 0.6 is 0 Å². The van der Waals surface area contributed by atoms with Gasteiger partial charge in [-0.1, -0.05) is 13.3 Å². The number of hydrogen-bond acceptors (Lipinski definition) is 2. The van der Waals surface area contributed by atoms with Crippen molar-refractivity contribution in [3.8, 4) is 11.3 Å². The summed E-state index contributed by atoms with van der Waals surface area (Å²) < 4.78 is 18.5. The fourth-order valence-electron chi connectivity index (χ4n) is 2.30. The Morgan fingerprint density at radius 3 is 2.55 bits per heavy atom. The van der Waals surface area contributed by atoms with Crippen LogP contribution in [0.25, 0.3) is 11.3 Å². The molecule has 1 N–H and O–H groups in total. The van der Waals surface area contributed by atoms with Gasteiger partial charge in [0.15, 0.2) is 0 Å². The van der Waals surface area contributed by atoms with Crippen LogP contribution in [0.1, 0.15) is 37.0 Å². The van der Waals surface area contributed by atoms with E-state index < -0.39 is 11.9 Å². The van der Waals surface area contributed by atoms with Gasteiger partial charge in [-0.25, -0.2) is 4.39 Å². The third-order valence-electron chi connectivity index (χ3n) is 3.34. The molecule has 0 aliphatic rings. The minimum Gasteiger partial charge on any atom is -0.481 e. The van der Waals surface area contributed by atoms with Gasteiger partial charge < -0.3 is 9.52 Å². The average molecular weight is 276 g/mol. The van der Waals surface area contributed by atoms with E-state index in [-0.39, 0.29) is 5.82 Å². The number of aliphatic carboxylic acids is 1. The fourth-order valence-corrected chi connectivity index (χ4v) is 2.30. The van der Waals surface area contributed by atoms with Gasteiger partial charge in [-0.3, -0.25) is 4.79 Å². The molecular weight excluding hydrogens is 259 g/mol. The van der Waals surface area contributed by atoms with Crippen LogP contribution in [-0.4, -0.2) is 11.1 Å². The molecule has 20 heavy (non-hydrogen) atoms. The molecule has 1 atom stereocenters. The minimum atomic E-state index is -0.846. The first-order chi connectivity index (χ1) is 9.52. The van der Waals surface area contributed by atoms with Crippen LogP contribution in [0.5, 0.6) is 0 Å². The van der Waals surface area contributed by atoms with Gasteiger partial charge in [-0.05, 0) is 43.7 Å². The molecule has 3 nitrogen and oxygen atoms in total. The van der Waals surface area contributed by atoms with Crippen LogP contribution in [0.2, 0.25) is 0 Å². The van der Waals surface area contributed by atoms with Crippen LogP contribution in [0.4, 0.5) is 4.39 Å². The van der Waals surface area contributed by atoms with E-state index >= 15 is 0 Å². The third kappa shape index (κ3) is 2.90. The Labute approximate surface area is 117 Å². The second kappa shape index (κ2) is 5.90. The van der Waals surface area contributed by atoms with Crippen molar-refractivity contribution in [1.29, 1.82) is 0 Å². The maximum absolute atomic E-state index is 12.9. The lowest BCUT2D eigenvalue weighted by atomic mass is 9.94. The second-order valence-electron chi connectivity index (χ2n) is 4.81. The number of halogens is 1. The van der Waals surface area contributed by atoms with Crippen molar-refractivity contribution >= 4 is 5.97 Å². The van der Waals surface area contributed by atoms with Crippen molar-refractivity contribution in [2.24, 2.45) is 0 Å². The Bertz CT molecular complexity index is 599. The molecule has 2 aromatic rings.